The van der Waals surface area contributed by atoms with E-state index in [0.29, 0.717) is 5.69 Å². The van der Waals surface area contributed by atoms with Gasteiger partial charge < -0.3 is 4.98 Å². The normalized spacial score (nSPS) is 10.8. The summed E-state index contributed by atoms with van der Waals surface area (Å²) in [4.78, 5) is 13.6. The summed E-state index contributed by atoms with van der Waals surface area (Å²) in [5.41, 5.74) is -0.460. The van der Waals surface area contributed by atoms with Gasteiger partial charge in [-0.3, -0.25) is 4.79 Å². The number of hydrogen-bond acceptors (Lipinski definition) is 1. The van der Waals surface area contributed by atoms with Gasteiger partial charge in [0.05, 0.1) is 11.6 Å². The van der Waals surface area contributed by atoms with E-state index in [1.165, 1.54) is 6.07 Å². The molecular formula is C8H8ClF2NO. The third kappa shape index (κ3) is 2.06. The van der Waals surface area contributed by atoms with E-state index in [9.17, 15) is 13.6 Å². The van der Waals surface area contributed by atoms with E-state index in [0.717, 1.165) is 0 Å². The van der Waals surface area contributed by atoms with Gasteiger partial charge in [0.1, 0.15) is 0 Å². The number of alkyl halides is 3. The predicted molar refractivity (Wildman–Crippen MR) is 46.3 cm³/mol. The number of rotatable bonds is 2. The lowest BCUT2D eigenvalue weighted by Gasteiger charge is -2.06. The van der Waals surface area contributed by atoms with Gasteiger partial charge in [0.2, 0.25) is 0 Å². The van der Waals surface area contributed by atoms with Crippen LogP contribution in [-0.2, 0) is 5.88 Å². The van der Waals surface area contributed by atoms with Gasteiger partial charge in [-0.25, -0.2) is 8.78 Å². The molecule has 0 bridgehead atoms. The molecule has 1 heterocycles. The predicted octanol–water partition coefficient (Wildman–Crippen LogP) is 2.36. The summed E-state index contributed by atoms with van der Waals surface area (Å²) < 4.78 is 24.7. The molecule has 0 spiro atoms. The highest BCUT2D eigenvalue weighted by Crippen LogP contribution is 2.19. The van der Waals surface area contributed by atoms with Gasteiger partial charge in [-0.15, -0.1) is 11.6 Å². The van der Waals surface area contributed by atoms with E-state index in [2.05, 4.69) is 4.98 Å². The maximum atomic E-state index is 12.3. The first kappa shape index (κ1) is 10.2. The number of nitrogens with one attached hydrogen (secondary N) is 1. The number of hydrogen-bond donors (Lipinski definition) is 1. The van der Waals surface area contributed by atoms with Gasteiger partial charge in [0.15, 0.2) is 5.43 Å². The van der Waals surface area contributed by atoms with Crippen LogP contribution in [0.5, 0.6) is 0 Å². The molecule has 0 aliphatic carbocycles. The molecule has 0 aromatic carbocycles. The SMILES string of the molecule is Cc1cc(=O)c(CCl)c(C(F)F)[nH]1. The molecular weight excluding hydrogens is 200 g/mol. The van der Waals surface area contributed by atoms with Crippen molar-refractivity contribution in [1.29, 1.82) is 0 Å². The topological polar surface area (TPSA) is 32.9 Å². The summed E-state index contributed by atoms with van der Waals surface area (Å²) in [5, 5.41) is 0. The van der Waals surface area contributed by atoms with Gasteiger partial charge in [0, 0.05) is 17.3 Å². The van der Waals surface area contributed by atoms with E-state index in [1.54, 1.807) is 6.92 Å². The van der Waals surface area contributed by atoms with Crippen LogP contribution in [-0.4, -0.2) is 4.98 Å². The highest BCUT2D eigenvalue weighted by atomic mass is 35.5. The number of pyridine rings is 1. The van der Waals surface area contributed by atoms with Crippen molar-refractivity contribution >= 4 is 11.6 Å². The summed E-state index contributed by atoms with van der Waals surface area (Å²) in [6, 6.07) is 1.25. The Kier molecular flexibility index (Phi) is 3.03. The monoisotopic (exact) mass is 207 g/mol. The summed E-state index contributed by atoms with van der Waals surface area (Å²) in [5.74, 6) is -0.199. The van der Waals surface area contributed by atoms with Crippen molar-refractivity contribution in [2.45, 2.75) is 19.2 Å². The Morgan fingerprint density at radius 3 is 2.69 bits per heavy atom. The molecule has 72 valence electrons. The molecule has 0 fully saturated rings. The van der Waals surface area contributed by atoms with Crippen molar-refractivity contribution in [3.05, 3.63) is 33.2 Å². The van der Waals surface area contributed by atoms with Gasteiger partial charge in [-0.2, -0.15) is 0 Å². The van der Waals surface area contributed by atoms with Crippen molar-refractivity contribution < 1.29 is 8.78 Å². The first-order valence-electron chi connectivity index (χ1n) is 3.63. The second-order valence-electron chi connectivity index (χ2n) is 2.64. The van der Waals surface area contributed by atoms with Crippen LogP contribution in [0.25, 0.3) is 0 Å². The Bertz CT molecular complexity index is 362. The van der Waals surface area contributed by atoms with Crippen LogP contribution in [0.3, 0.4) is 0 Å². The van der Waals surface area contributed by atoms with Crippen LogP contribution < -0.4 is 5.43 Å². The largest absolute Gasteiger partial charge is 0.357 e. The molecule has 0 aliphatic heterocycles. The Labute approximate surface area is 78.5 Å². The molecule has 2 nitrogen and oxygen atoms in total. The molecule has 1 aromatic heterocycles. The first-order valence-corrected chi connectivity index (χ1v) is 4.16. The van der Waals surface area contributed by atoms with E-state index in [1.807, 2.05) is 0 Å². The Morgan fingerprint density at radius 1 is 1.62 bits per heavy atom. The molecule has 0 saturated carbocycles. The summed E-state index contributed by atoms with van der Waals surface area (Å²) in [6.07, 6.45) is -2.69. The van der Waals surface area contributed by atoms with Gasteiger partial charge in [-0.05, 0) is 6.92 Å². The minimum absolute atomic E-state index is 0.0535. The molecule has 1 N–H and O–H groups in total. The molecule has 1 rings (SSSR count). The second-order valence-corrected chi connectivity index (χ2v) is 2.91. The molecule has 0 unspecified atom stereocenters. The van der Waals surface area contributed by atoms with Gasteiger partial charge >= 0.3 is 0 Å². The van der Waals surface area contributed by atoms with E-state index in [-0.39, 0.29) is 17.1 Å². The standard InChI is InChI=1S/C8H8ClF2NO/c1-4-2-6(13)5(3-9)7(12-4)8(10)11/h2,8H,3H2,1H3,(H,12,13). The van der Waals surface area contributed by atoms with Gasteiger partial charge in [-0.1, -0.05) is 0 Å². The van der Waals surface area contributed by atoms with Crippen LogP contribution in [0.4, 0.5) is 8.78 Å². The van der Waals surface area contributed by atoms with Crippen molar-refractivity contribution in [2.24, 2.45) is 0 Å². The number of aromatic amines is 1. The molecule has 1 aromatic rings. The highest BCUT2D eigenvalue weighted by Gasteiger charge is 2.15. The van der Waals surface area contributed by atoms with E-state index in [4.69, 9.17) is 11.6 Å². The maximum Gasteiger partial charge on any atom is 0.278 e. The van der Waals surface area contributed by atoms with E-state index >= 15 is 0 Å². The van der Waals surface area contributed by atoms with E-state index < -0.39 is 11.9 Å². The minimum Gasteiger partial charge on any atom is -0.357 e. The molecule has 0 aliphatic rings. The fraction of sp³-hybridized carbons (Fsp3) is 0.375. The Balaban J connectivity index is 3.38. The summed E-state index contributed by atoms with van der Waals surface area (Å²) in [6.45, 7) is 1.55. The highest BCUT2D eigenvalue weighted by molar-refractivity contribution is 6.17. The average Bonchev–Trinajstić information content (AvgIpc) is 2.02. The zero-order valence-corrected chi connectivity index (χ0v) is 7.66. The lowest BCUT2D eigenvalue weighted by atomic mass is 10.2. The van der Waals surface area contributed by atoms with Crippen LogP contribution in [0.2, 0.25) is 0 Å². The lowest BCUT2D eigenvalue weighted by molar-refractivity contribution is 0.144. The van der Waals surface area contributed by atoms with Crippen LogP contribution in [0.15, 0.2) is 10.9 Å². The molecule has 0 amide bonds. The number of aromatic nitrogens is 1. The lowest BCUT2D eigenvalue weighted by Crippen LogP contribution is -2.13. The van der Waals surface area contributed by atoms with Crippen LogP contribution in [0, 0.1) is 6.92 Å². The quantitative estimate of drug-likeness (QED) is 0.742. The number of halogens is 3. The molecule has 5 heteroatoms. The summed E-state index contributed by atoms with van der Waals surface area (Å²) in [7, 11) is 0. The maximum absolute atomic E-state index is 12.3. The van der Waals surface area contributed by atoms with Crippen molar-refractivity contribution in [3.8, 4) is 0 Å². The fourth-order valence-corrected chi connectivity index (χ4v) is 1.34. The van der Waals surface area contributed by atoms with Gasteiger partial charge in [0.25, 0.3) is 6.43 Å². The number of H-pyrrole nitrogens is 1. The van der Waals surface area contributed by atoms with Crippen LogP contribution in [0.1, 0.15) is 23.4 Å². The third-order valence-electron chi connectivity index (χ3n) is 1.65. The van der Waals surface area contributed by atoms with Crippen LogP contribution >= 0.6 is 11.6 Å². The third-order valence-corrected chi connectivity index (χ3v) is 1.92. The van der Waals surface area contributed by atoms with Crippen molar-refractivity contribution in [2.75, 3.05) is 0 Å². The van der Waals surface area contributed by atoms with Crippen molar-refractivity contribution in [3.63, 3.8) is 0 Å². The number of aryl methyl sites for hydroxylation is 1. The minimum atomic E-state index is -2.69. The first-order chi connectivity index (χ1) is 6.06. The second kappa shape index (κ2) is 3.87. The molecule has 13 heavy (non-hydrogen) atoms. The fourth-order valence-electron chi connectivity index (χ4n) is 1.06. The zero-order chi connectivity index (χ0) is 10.0. The Hall–Kier alpha value is -0.900. The molecule has 0 radical (unpaired) electrons. The average molecular weight is 208 g/mol. The Morgan fingerprint density at radius 2 is 2.23 bits per heavy atom. The zero-order valence-electron chi connectivity index (χ0n) is 6.90. The molecule has 0 atom stereocenters. The molecule has 0 saturated heterocycles. The van der Waals surface area contributed by atoms with Crippen molar-refractivity contribution in [1.82, 2.24) is 4.98 Å². The summed E-state index contributed by atoms with van der Waals surface area (Å²) >= 11 is 5.38. The smallest absolute Gasteiger partial charge is 0.278 e.